The van der Waals surface area contributed by atoms with Gasteiger partial charge in [-0.3, -0.25) is 14.7 Å². The molecule has 56 heavy (non-hydrogen) atoms. The second-order valence-corrected chi connectivity index (χ2v) is 15.6. The number of aliphatic imine (C=N–C) groups is 1. The van der Waals surface area contributed by atoms with E-state index in [0.717, 1.165) is 36.9 Å². The third-order valence-electron chi connectivity index (χ3n) is 10.7. The van der Waals surface area contributed by atoms with Crippen LogP contribution in [0.25, 0.3) is 22.6 Å². The maximum atomic E-state index is 14.6. The zero-order valence-corrected chi connectivity index (χ0v) is 31.3. The summed E-state index contributed by atoms with van der Waals surface area (Å²) in [4.78, 5) is 38.9. The van der Waals surface area contributed by atoms with E-state index >= 15 is 0 Å². The number of alkyl carbamates (subject to hydrolysis) is 1. The van der Waals surface area contributed by atoms with Gasteiger partial charge < -0.3 is 15.8 Å². The van der Waals surface area contributed by atoms with Crippen LogP contribution in [-0.4, -0.2) is 77.5 Å². The van der Waals surface area contributed by atoms with E-state index in [4.69, 9.17) is 22.1 Å². The normalized spacial score (nSPS) is 17.5. The van der Waals surface area contributed by atoms with Gasteiger partial charge in [-0.25, -0.2) is 9.78 Å². The van der Waals surface area contributed by atoms with E-state index in [0.29, 0.717) is 28.3 Å². The number of aromatic nitrogens is 6. The number of alkyl halides is 5. The van der Waals surface area contributed by atoms with Gasteiger partial charge in [0.15, 0.2) is 11.8 Å². The summed E-state index contributed by atoms with van der Waals surface area (Å²) in [6.45, 7) is 0.668. The molecule has 3 fully saturated rings. The number of nitrogens with one attached hydrogen (secondary N) is 1. The number of hydrogen-bond donors (Lipinski definition) is 2. The molecule has 0 unspecified atom stereocenters. The monoisotopic (exact) mass is 802 g/mol. The smallest absolute Gasteiger partial charge is 0.411 e. The summed E-state index contributed by atoms with van der Waals surface area (Å²) < 4.78 is 74.8. The highest BCUT2D eigenvalue weighted by atomic mass is 35.5. The zero-order chi connectivity index (χ0) is 40.0. The summed E-state index contributed by atoms with van der Waals surface area (Å²) in [7, 11) is 0. The number of ether oxygens (including phenoxy) is 1. The first kappa shape index (κ1) is 39.1. The Morgan fingerprint density at radius 2 is 1.80 bits per heavy atom. The van der Waals surface area contributed by atoms with Crippen molar-refractivity contribution in [1.82, 2.24) is 40.0 Å². The second-order valence-electron chi connectivity index (χ2n) is 15.2. The third kappa shape index (κ3) is 8.34. The molecule has 2 aromatic carbocycles. The maximum Gasteiger partial charge on any atom is 0.411 e. The first-order valence-electron chi connectivity index (χ1n) is 18.2. The average molecular weight is 803 g/mol. The van der Waals surface area contributed by atoms with Crippen LogP contribution >= 0.6 is 11.6 Å². The molecule has 7 rings (SSSR count). The van der Waals surface area contributed by atoms with E-state index < -0.39 is 42.9 Å². The average Bonchev–Trinajstić information content (AvgIpc) is 4.10. The highest BCUT2D eigenvalue weighted by Crippen LogP contribution is 2.49. The van der Waals surface area contributed by atoms with Crippen LogP contribution in [0.3, 0.4) is 0 Å². The lowest BCUT2D eigenvalue weighted by Gasteiger charge is -2.32. The van der Waals surface area contributed by atoms with Crippen LogP contribution in [0.2, 0.25) is 5.02 Å². The molecule has 298 valence electrons. The second kappa shape index (κ2) is 15.1. The van der Waals surface area contributed by atoms with Crippen LogP contribution in [0.1, 0.15) is 93.3 Å². The summed E-state index contributed by atoms with van der Waals surface area (Å²) in [5.41, 5.74) is 5.74. The minimum Gasteiger partial charge on any atom is -0.447 e. The topological polar surface area (TPSA) is 158 Å². The Balaban J connectivity index is 1.26. The summed E-state index contributed by atoms with van der Waals surface area (Å²) in [5.74, 6) is -0.750. The summed E-state index contributed by atoms with van der Waals surface area (Å²) in [5, 5.41) is 14.4. The molecule has 3 aliphatic carbocycles. The molecule has 0 aliphatic heterocycles. The molecule has 0 saturated heterocycles. The fourth-order valence-corrected chi connectivity index (χ4v) is 6.84. The molecular formula is C37H40ClF5N10O3. The van der Waals surface area contributed by atoms with E-state index in [1.807, 2.05) is 5.32 Å². The summed E-state index contributed by atoms with van der Waals surface area (Å²) in [6.07, 6.45) is 0.618. The number of nitrogens with two attached hydrogens (primary N) is 1. The predicted octanol–water partition coefficient (Wildman–Crippen LogP) is 7.73. The van der Waals surface area contributed by atoms with Crippen molar-refractivity contribution >= 4 is 29.6 Å². The molecule has 2 amide bonds. The van der Waals surface area contributed by atoms with E-state index in [1.54, 1.807) is 35.3 Å². The quantitative estimate of drug-likeness (QED) is 0.0745. The minimum atomic E-state index is -4.72. The van der Waals surface area contributed by atoms with Gasteiger partial charge in [0.1, 0.15) is 24.2 Å². The highest BCUT2D eigenvalue weighted by Gasteiger charge is 2.64. The van der Waals surface area contributed by atoms with E-state index in [2.05, 4.69) is 39.1 Å². The highest BCUT2D eigenvalue weighted by molar-refractivity contribution is 6.33. The van der Waals surface area contributed by atoms with Crippen LogP contribution in [0.5, 0.6) is 0 Å². The molecule has 4 aromatic rings. The molecule has 19 heteroatoms. The van der Waals surface area contributed by atoms with Gasteiger partial charge in [-0.1, -0.05) is 43.6 Å². The van der Waals surface area contributed by atoms with Gasteiger partial charge in [-0.05, 0) is 86.1 Å². The molecule has 0 radical (unpaired) electrons. The Morgan fingerprint density at radius 3 is 2.43 bits per heavy atom. The van der Waals surface area contributed by atoms with Crippen molar-refractivity contribution in [2.75, 3.05) is 13.2 Å². The molecular weight excluding hydrogens is 763 g/mol. The van der Waals surface area contributed by atoms with Crippen LogP contribution < -0.4 is 11.1 Å². The fraction of sp³-hybridized carbons (Fsp3) is 0.486. The van der Waals surface area contributed by atoms with E-state index in [-0.39, 0.29) is 64.3 Å². The van der Waals surface area contributed by atoms with Crippen LogP contribution in [0, 0.1) is 11.3 Å². The molecule has 2 aromatic heterocycles. The number of rotatable bonds is 14. The number of hydrogen-bond acceptors (Lipinski definition) is 8. The van der Waals surface area contributed by atoms with Crippen molar-refractivity contribution in [3.63, 3.8) is 0 Å². The number of carbonyl (C=O) groups excluding carboxylic acids is 2. The van der Waals surface area contributed by atoms with Gasteiger partial charge in [0, 0.05) is 23.2 Å². The lowest BCUT2D eigenvalue weighted by molar-refractivity contribution is -0.164. The van der Waals surface area contributed by atoms with Crippen molar-refractivity contribution in [3.05, 3.63) is 71.1 Å². The standard InChI is InChI=1S/C37H40ClF5N10O3/c1-35(2,24-8-9-24)15-16-45-33(44)51(31(54)22-5-3-21(4-6-22)28-18-47-53(50-28)25-10-11-25)29(19-56-34(55)49-36(13-14-36)37(41,42)43)23-7-12-27(38)26(17-23)30-46-20-48-52(30)32(39)40/h3-7,12,17-18,20,24-25,29,32H,8-11,13-16,19H2,1-2H3,(H2,44,45)(H,49,55)/t29-/m1/s1. The fourth-order valence-electron chi connectivity index (χ4n) is 6.64. The molecule has 1 atom stereocenters. The van der Waals surface area contributed by atoms with Crippen molar-refractivity contribution in [2.24, 2.45) is 22.1 Å². The molecule has 2 heterocycles. The van der Waals surface area contributed by atoms with Gasteiger partial charge >= 0.3 is 18.8 Å². The van der Waals surface area contributed by atoms with Crippen molar-refractivity contribution in [2.45, 2.75) is 89.1 Å². The van der Waals surface area contributed by atoms with Crippen molar-refractivity contribution in [3.8, 4) is 22.6 Å². The largest absolute Gasteiger partial charge is 0.447 e. The number of nitrogens with zero attached hydrogens (tertiary/aromatic N) is 8. The summed E-state index contributed by atoms with van der Waals surface area (Å²) in [6, 6.07) is 9.54. The predicted molar refractivity (Wildman–Crippen MR) is 194 cm³/mol. The third-order valence-corrected chi connectivity index (χ3v) is 11.0. The number of guanidine groups is 1. The first-order chi connectivity index (χ1) is 26.6. The van der Waals surface area contributed by atoms with Gasteiger partial charge in [0.05, 0.1) is 23.3 Å². The minimum absolute atomic E-state index is 0.00190. The van der Waals surface area contributed by atoms with E-state index in [1.165, 1.54) is 18.2 Å². The van der Waals surface area contributed by atoms with Crippen LogP contribution in [0.4, 0.5) is 26.7 Å². The lowest BCUT2D eigenvalue weighted by atomic mass is 9.84. The van der Waals surface area contributed by atoms with Gasteiger partial charge in [0.25, 0.3) is 5.91 Å². The Bertz CT molecular complexity index is 2110. The van der Waals surface area contributed by atoms with Crippen LogP contribution in [-0.2, 0) is 4.74 Å². The Kier molecular flexibility index (Phi) is 10.5. The van der Waals surface area contributed by atoms with Crippen molar-refractivity contribution < 1.29 is 36.3 Å². The molecule has 0 spiro atoms. The zero-order valence-electron chi connectivity index (χ0n) is 30.5. The molecule has 3 aliphatic rings. The lowest BCUT2D eigenvalue weighted by Crippen LogP contribution is -2.49. The first-order valence-corrected chi connectivity index (χ1v) is 18.6. The van der Waals surface area contributed by atoms with Gasteiger partial charge in [0.2, 0.25) is 0 Å². The number of halogens is 6. The van der Waals surface area contributed by atoms with Crippen LogP contribution in [0.15, 0.2) is 60.0 Å². The number of amides is 2. The molecule has 3 N–H and O–H groups in total. The Labute approximate surface area is 323 Å². The number of benzene rings is 2. The number of carbonyl (C=O) groups is 2. The van der Waals surface area contributed by atoms with Crippen molar-refractivity contribution in [1.29, 1.82) is 0 Å². The molecule has 3 saturated carbocycles. The molecule has 13 nitrogen and oxygen atoms in total. The Hall–Kier alpha value is -5.13. The van der Waals surface area contributed by atoms with E-state index in [9.17, 15) is 31.5 Å². The molecule has 0 bridgehead atoms. The maximum absolute atomic E-state index is 14.6. The SMILES string of the molecule is CC(C)(CCN=C(N)N(C(=O)c1ccc(-c2cnn(C3CC3)n2)cc1)[C@H](COC(=O)NC1(C(F)(F)F)CC1)c1ccc(Cl)c(-c2ncnn2C(F)F)c1)C1CC1. The van der Waals surface area contributed by atoms with Gasteiger partial charge in [-0.2, -0.15) is 46.7 Å². The Morgan fingerprint density at radius 1 is 1.09 bits per heavy atom. The summed E-state index contributed by atoms with van der Waals surface area (Å²) >= 11 is 6.48. The van der Waals surface area contributed by atoms with Gasteiger partial charge in [-0.15, -0.1) is 0 Å².